The van der Waals surface area contributed by atoms with E-state index in [2.05, 4.69) is 34.5 Å². The highest BCUT2D eigenvalue weighted by atomic mass is 16.5. The number of fused-ring (bicyclic) bond motifs is 1. The van der Waals surface area contributed by atoms with Gasteiger partial charge in [0.15, 0.2) is 0 Å². The lowest BCUT2D eigenvalue weighted by Gasteiger charge is -2.18. The van der Waals surface area contributed by atoms with Gasteiger partial charge in [-0.05, 0) is 25.1 Å². The maximum Gasteiger partial charge on any atom is 0.306 e. The first-order valence-electron chi connectivity index (χ1n) is 6.86. The summed E-state index contributed by atoms with van der Waals surface area (Å²) >= 11 is 0. The molecule has 0 spiro atoms. The topological polar surface area (TPSA) is 46.8 Å². The van der Waals surface area contributed by atoms with Crippen molar-refractivity contribution in [3.05, 3.63) is 35.8 Å². The second-order valence-corrected chi connectivity index (χ2v) is 4.85. The zero-order valence-corrected chi connectivity index (χ0v) is 12.3. The second-order valence-electron chi connectivity index (χ2n) is 4.85. The van der Waals surface area contributed by atoms with Crippen LogP contribution in [0.1, 0.15) is 24.6 Å². The minimum atomic E-state index is -0.172. The predicted molar refractivity (Wildman–Crippen MR) is 77.5 cm³/mol. The third-order valence-electron chi connectivity index (χ3n) is 3.42. The largest absolute Gasteiger partial charge is 0.469 e. The van der Waals surface area contributed by atoms with Crippen LogP contribution in [-0.2, 0) is 16.1 Å². The number of aryl methyl sites for hydroxylation is 1. The lowest BCUT2D eigenvalue weighted by atomic mass is 10.3. The Hall–Kier alpha value is -1.88. The maximum atomic E-state index is 11.2. The molecule has 0 bridgehead atoms. The molecule has 0 aliphatic carbocycles. The smallest absolute Gasteiger partial charge is 0.306 e. The summed E-state index contributed by atoms with van der Waals surface area (Å²) in [5.41, 5.74) is 3.17. The zero-order valence-electron chi connectivity index (χ0n) is 12.3. The Morgan fingerprint density at radius 1 is 1.50 bits per heavy atom. The van der Waals surface area contributed by atoms with Crippen LogP contribution in [0.25, 0.3) is 5.65 Å². The Balaban J connectivity index is 2.05. The van der Waals surface area contributed by atoms with Gasteiger partial charge in [0.05, 0.1) is 19.2 Å². The summed E-state index contributed by atoms with van der Waals surface area (Å²) in [4.78, 5) is 18.0. The van der Waals surface area contributed by atoms with Crippen LogP contribution in [-0.4, -0.2) is 40.5 Å². The number of methoxy groups -OCH3 is 1. The van der Waals surface area contributed by atoms with Crippen molar-refractivity contribution in [2.75, 3.05) is 20.2 Å². The second kappa shape index (κ2) is 6.52. The van der Waals surface area contributed by atoms with Crippen LogP contribution in [0.2, 0.25) is 0 Å². The Kier molecular flexibility index (Phi) is 4.74. The Morgan fingerprint density at radius 3 is 2.95 bits per heavy atom. The lowest BCUT2D eigenvalue weighted by molar-refractivity contribution is -0.141. The van der Waals surface area contributed by atoms with Crippen LogP contribution in [0.5, 0.6) is 0 Å². The number of imidazole rings is 1. The number of esters is 1. The summed E-state index contributed by atoms with van der Waals surface area (Å²) in [6.45, 7) is 6.45. The molecule has 2 aromatic heterocycles. The molecule has 2 rings (SSSR count). The fraction of sp³-hybridized carbons (Fsp3) is 0.467. The van der Waals surface area contributed by atoms with Crippen molar-refractivity contribution in [1.82, 2.24) is 14.3 Å². The lowest BCUT2D eigenvalue weighted by Crippen LogP contribution is -2.26. The van der Waals surface area contributed by atoms with E-state index < -0.39 is 0 Å². The summed E-state index contributed by atoms with van der Waals surface area (Å²) in [7, 11) is 1.42. The van der Waals surface area contributed by atoms with Crippen LogP contribution in [0.15, 0.2) is 24.5 Å². The van der Waals surface area contributed by atoms with Gasteiger partial charge in [0.25, 0.3) is 0 Å². The van der Waals surface area contributed by atoms with Crippen molar-refractivity contribution in [3.8, 4) is 0 Å². The van der Waals surface area contributed by atoms with Crippen LogP contribution < -0.4 is 0 Å². The van der Waals surface area contributed by atoms with Gasteiger partial charge in [-0.15, -0.1) is 0 Å². The van der Waals surface area contributed by atoms with Crippen molar-refractivity contribution in [1.29, 1.82) is 0 Å². The van der Waals surface area contributed by atoms with E-state index in [-0.39, 0.29) is 5.97 Å². The average Bonchev–Trinajstić information content (AvgIpc) is 2.87. The molecule has 2 heterocycles. The van der Waals surface area contributed by atoms with Gasteiger partial charge in [-0.2, -0.15) is 0 Å². The van der Waals surface area contributed by atoms with E-state index in [1.165, 1.54) is 7.11 Å². The predicted octanol–water partition coefficient (Wildman–Crippen LogP) is 2.03. The summed E-state index contributed by atoms with van der Waals surface area (Å²) in [5.74, 6) is -0.172. The van der Waals surface area contributed by atoms with Gasteiger partial charge < -0.3 is 9.14 Å². The Bertz CT molecular complexity index is 592. The van der Waals surface area contributed by atoms with Gasteiger partial charge in [0.2, 0.25) is 0 Å². The van der Waals surface area contributed by atoms with Crippen LogP contribution >= 0.6 is 0 Å². The molecular formula is C15H21N3O2. The highest BCUT2D eigenvalue weighted by molar-refractivity contribution is 5.69. The molecule has 0 aliphatic heterocycles. The molecule has 0 radical (unpaired) electrons. The molecule has 0 atom stereocenters. The van der Waals surface area contributed by atoms with Crippen molar-refractivity contribution in [3.63, 3.8) is 0 Å². The molecule has 0 unspecified atom stereocenters. The van der Waals surface area contributed by atoms with Gasteiger partial charge in [0, 0.05) is 25.5 Å². The molecule has 5 heteroatoms. The first-order valence-corrected chi connectivity index (χ1v) is 6.86. The van der Waals surface area contributed by atoms with E-state index in [4.69, 9.17) is 0 Å². The summed E-state index contributed by atoms with van der Waals surface area (Å²) in [5, 5.41) is 0. The monoisotopic (exact) mass is 275 g/mol. The molecule has 108 valence electrons. The number of nitrogens with zero attached hydrogens (tertiary/aromatic N) is 3. The van der Waals surface area contributed by atoms with Gasteiger partial charge in [-0.3, -0.25) is 9.69 Å². The minimum Gasteiger partial charge on any atom is -0.469 e. The molecule has 5 nitrogen and oxygen atoms in total. The average molecular weight is 275 g/mol. The summed E-state index contributed by atoms with van der Waals surface area (Å²) in [6, 6.07) is 4.07. The molecule has 20 heavy (non-hydrogen) atoms. The molecule has 0 aliphatic rings. The molecule has 0 aromatic carbocycles. The summed E-state index contributed by atoms with van der Waals surface area (Å²) < 4.78 is 6.71. The number of hydrogen-bond acceptors (Lipinski definition) is 4. The number of carbonyl (C=O) groups is 1. The molecule has 0 N–H and O–H groups in total. The number of carbonyl (C=O) groups excluding carboxylic acids is 1. The standard InChI is InChI=1S/C15H21N3O2/c1-4-17(9-7-14(19)20-3)10-13-11-18-8-5-6-12(2)15(18)16-13/h5-6,8,11H,4,7,9-10H2,1-3H3. The fourth-order valence-corrected chi connectivity index (χ4v) is 2.21. The van der Waals surface area contributed by atoms with Crippen molar-refractivity contribution in [2.24, 2.45) is 0 Å². The number of pyridine rings is 1. The molecule has 0 fully saturated rings. The molecule has 0 amide bonds. The van der Waals surface area contributed by atoms with E-state index in [9.17, 15) is 4.79 Å². The normalized spacial score (nSPS) is 11.2. The summed E-state index contributed by atoms with van der Waals surface area (Å²) in [6.07, 6.45) is 4.46. The van der Waals surface area contributed by atoms with E-state index in [1.807, 2.05) is 22.9 Å². The Labute approximate surface area is 119 Å². The quantitative estimate of drug-likeness (QED) is 0.757. The highest BCUT2D eigenvalue weighted by Gasteiger charge is 2.10. The van der Waals surface area contributed by atoms with Gasteiger partial charge >= 0.3 is 5.97 Å². The van der Waals surface area contributed by atoms with Crippen LogP contribution in [0, 0.1) is 6.92 Å². The van der Waals surface area contributed by atoms with Gasteiger partial charge in [-0.1, -0.05) is 13.0 Å². The first-order chi connectivity index (χ1) is 9.63. The third-order valence-corrected chi connectivity index (χ3v) is 3.42. The first kappa shape index (κ1) is 14.5. The van der Waals surface area contributed by atoms with Gasteiger partial charge in [0.1, 0.15) is 5.65 Å². The zero-order chi connectivity index (χ0) is 14.5. The van der Waals surface area contributed by atoms with Crippen molar-refractivity contribution < 1.29 is 9.53 Å². The third kappa shape index (κ3) is 3.36. The van der Waals surface area contributed by atoms with E-state index in [0.29, 0.717) is 13.0 Å². The van der Waals surface area contributed by atoms with Crippen molar-refractivity contribution >= 4 is 11.6 Å². The molecular weight excluding hydrogens is 254 g/mol. The van der Waals surface area contributed by atoms with Gasteiger partial charge in [-0.25, -0.2) is 4.98 Å². The van der Waals surface area contributed by atoms with E-state index >= 15 is 0 Å². The Morgan fingerprint density at radius 2 is 2.30 bits per heavy atom. The number of hydrogen-bond donors (Lipinski definition) is 0. The fourth-order valence-electron chi connectivity index (χ4n) is 2.21. The SMILES string of the molecule is CCN(CCC(=O)OC)Cc1cn2cccc(C)c2n1. The van der Waals surface area contributed by atoms with Crippen LogP contribution in [0.4, 0.5) is 0 Å². The number of rotatable bonds is 6. The highest BCUT2D eigenvalue weighted by Crippen LogP contribution is 2.11. The molecule has 0 saturated carbocycles. The number of ether oxygens (including phenoxy) is 1. The maximum absolute atomic E-state index is 11.2. The van der Waals surface area contributed by atoms with Crippen molar-refractivity contribution in [2.45, 2.75) is 26.8 Å². The number of aromatic nitrogens is 2. The van der Waals surface area contributed by atoms with E-state index in [1.54, 1.807) is 0 Å². The van der Waals surface area contributed by atoms with Crippen LogP contribution in [0.3, 0.4) is 0 Å². The minimum absolute atomic E-state index is 0.172. The van der Waals surface area contributed by atoms with E-state index in [0.717, 1.165) is 30.0 Å². The molecule has 0 saturated heterocycles. The molecule has 2 aromatic rings.